The Balaban J connectivity index is 2.27. The van der Waals surface area contributed by atoms with Crippen LogP contribution in [0.3, 0.4) is 0 Å². The van der Waals surface area contributed by atoms with Gasteiger partial charge in [-0.25, -0.2) is 0 Å². The van der Waals surface area contributed by atoms with Gasteiger partial charge in [-0.3, -0.25) is 4.98 Å². The van der Waals surface area contributed by atoms with Crippen molar-refractivity contribution >= 4 is 11.6 Å². The van der Waals surface area contributed by atoms with Gasteiger partial charge in [-0.2, -0.15) is 0 Å². The van der Waals surface area contributed by atoms with E-state index in [-0.39, 0.29) is 0 Å². The second kappa shape index (κ2) is 3.52. The number of nitrogens with zero attached hydrogens (tertiary/aromatic N) is 1. The van der Waals surface area contributed by atoms with Crippen molar-refractivity contribution in [2.45, 2.75) is 25.5 Å². The van der Waals surface area contributed by atoms with Crippen LogP contribution < -0.4 is 10.5 Å². The lowest BCUT2D eigenvalue weighted by atomic mass is 10.3. The minimum Gasteiger partial charge on any atom is -0.487 e. The molecule has 3 nitrogen and oxygen atoms in total. The lowest BCUT2D eigenvalue weighted by molar-refractivity contribution is 0.298. The molecule has 1 saturated carbocycles. The fourth-order valence-corrected chi connectivity index (χ4v) is 1.30. The molecule has 1 aromatic heterocycles. The van der Waals surface area contributed by atoms with Crippen LogP contribution in [-0.2, 0) is 6.54 Å². The van der Waals surface area contributed by atoms with Gasteiger partial charge < -0.3 is 10.5 Å². The van der Waals surface area contributed by atoms with E-state index in [4.69, 9.17) is 22.1 Å². The summed E-state index contributed by atoms with van der Waals surface area (Å²) < 4.78 is 5.60. The summed E-state index contributed by atoms with van der Waals surface area (Å²) in [7, 11) is 0. The quantitative estimate of drug-likeness (QED) is 0.805. The Bertz CT molecular complexity index is 312. The van der Waals surface area contributed by atoms with E-state index in [1.165, 1.54) is 0 Å². The molecular weight excluding hydrogens is 188 g/mol. The topological polar surface area (TPSA) is 48.1 Å². The zero-order chi connectivity index (χ0) is 9.26. The van der Waals surface area contributed by atoms with Crippen LogP contribution in [0.5, 0.6) is 5.75 Å². The van der Waals surface area contributed by atoms with Gasteiger partial charge in [-0.15, -0.1) is 0 Å². The first-order chi connectivity index (χ1) is 6.31. The molecule has 1 heterocycles. The Morgan fingerprint density at radius 1 is 1.62 bits per heavy atom. The Kier molecular flexibility index (Phi) is 2.38. The minimum absolute atomic E-state index is 0.326. The average molecular weight is 199 g/mol. The van der Waals surface area contributed by atoms with E-state index in [1.54, 1.807) is 12.3 Å². The highest BCUT2D eigenvalue weighted by atomic mass is 35.5. The molecule has 0 radical (unpaired) electrons. The molecule has 13 heavy (non-hydrogen) atoms. The SMILES string of the molecule is NCc1nccc(Cl)c1OC1CC1. The average Bonchev–Trinajstić information content (AvgIpc) is 2.92. The molecule has 0 unspecified atom stereocenters. The standard InChI is InChI=1S/C9H11ClN2O/c10-7-3-4-12-8(5-11)9(7)13-6-1-2-6/h3-4,6H,1-2,5,11H2. The largest absolute Gasteiger partial charge is 0.487 e. The van der Waals surface area contributed by atoms with Crippen molar-refractivity contribution in [3.8, 4) is 5.75 Å². The number of hydrogen-bond donors (Lipinski definition) is 1. The molecule has 4 heteroatoms. The van der Waals surface area contributed by atoms with Crippen LogP contribution in [0.1, 0.15) is 18.5 Å². The molecule has 1 fully saturated rings. The van der Waals surface area contributed by atoms with Gasteiger partial charge in [0.05, 0.1) is 16.8 Å². The van der Waals surface area contributed by atoms with E-state index in [2.05, 4.69) is 4.98 Å². The number of rotatable bonds is 3. The summed E-state index contributed by atoms with van der Waals surface area (Å²) in [6.07, 6.45) is 4.18. The third-order valence-electron chi connectivity index (χ3n) is 1.93. The van der Waals surface area contributed by atoms with E-state index in [0.717, 1.165) is 18.5 Å². The number of aromatic nitrogens is 1. The highest BCUT2D eigenvalue weighted by molar-refractivity contribution is 6.32. The Hall–Kier alpha value is -0.800. The van der Waals surface area contributed by atoms with Crippen LogP contribution in [0.25, 0.3) is 0 Å². The van der Waals surface area contributed by atoms with Crippen LogP contribution in [0.2, 0.25) is 5.02 Å². The lowest BCUT2D eigenvalue weighted by Gasteiger charge is -2.09. The third-order valence-corrected chi connectivity index (χ3v) is 2.23. The Morgan fingerprint density at radius 2 is 2.38 bits per heavy atom. The summed E-state index contributed by atoms with van der Waals surface area (Å²) in [5.41, 5.74) is 6.25. The monoisotopic (exact) mass is 198 g/mol. The third kappa shape index (κ3) is 1.92. The molecular formula is C9H11ClN2O. The first kappa shape index (κ1) is 8.78. The van der Waals surface area contributed by atoms with Gasteiger partial charge in [0.15, 0.2) is 5.75 Å². The van der Waals surface area contributed by atoms with Gasteiger partial charge in [-0.05, 0) is 18.9 Å². The van der Waals surface area contributed by atoms with Crippen molar-refractivity contribution in [2.75, 3.05) is 0 Å². The second-order valence-corrected chi connectivity index (χ2v) is 3.50. The molecule has 0 aliphatic heterocycles. The Labute approximate surface area is 81.9 Å². The van der Waals surface area contributed by atoms with E-state index >= 15 is 0 Å². The van der Waals surface area contributed by atoms with Gasteiger partial charge in [-0.1, -0.05) is 11.6 Å². The van der Waals surface area contributed by atoms with Crippen molar-refractivity contribution in [3.63, 3.8) is 0 Å². The summed E-state index contributed by atoms with van der Waals surface area (Å²) >= 11 is 5.96. The van der Waals surface area contributed by atoms with Crippen LogP contribution in [0.15, 0.2) is 12.3 Å². The molecule has 0 spiro atoms. The number of pyridine rings is 1. The fourth-order valence-electron chi connectivity index (χ4n) is 1.09. The summed E-state index contributed by atoms with van der Waals surface area (Å²) in [6.45, 7) is 0.364. The molecule has 1 aliphatic carbocycles. The first-order valence-electron chi connectivity index (χ1n) is 4.31. The maximum Gasteiger partial charge on any atom is 0.161 e. The molecule has 0 bridgehead atoms. The zero-order valence-electron chi connectivity index (χ0n) is 7.16. The minimum atomic E-state index is 0.326. The lowest BCUT2D eigenvalue weighted by Crippen LogP contribution is -2.06. The second-order valence-electron chi connectivity index (χ2n) is 3.09. The molecule has 2 N–H and O–H groups in total. The van der Waals surface area contributed by atoms with Gasteiger partial charge >= 0.3 is 0 Å². The van der Waals surface area contributed by atoms with E-state index in [9.17, 15) is 0 Å². The van der Waals surface area contributed by atoms with Gasteiger partial charge in [0, 0.05) is 12.7 Å². The molecule has 0 saturated heterocycles. The number of hydrogen-bond acceptors (Lipinski definition) is 3. The van der Waals surface area contributed by atoms with E-state index in [0.29, 0.717) is 23.4 Å². The Morgan fingerprint density at radius 3 is 3.00 bits per heavy atom. The molecule has 0 amide bonds. The summed E-state index contributed by atoms with van der Waals surface area (Å²) in [5, 5.41) is 0.599. The highest BCUT2D eigenvalue weighted by Crippen LogP contribution is 2.33. The molecule has 0 aromatic carbocycles. The number of halogens is 1. The summed E-state index contributed by atoms with van der Waals surface area (Å²) in [5.74, 6) is 0.661. The molecule has 0 atom stereocenters. The van der Waals surface area contributed by atoms with Crippen molar-refractivity contribution in [1.82, 2.24) is 4.98 Å². The molecule has 1 aliphatic rings. The van der Waals surface area contributed by atoms with Crippen LogP contribution >= 0.6 is 11.6 Å². The maximum absolute atomic E-state index is 5.96. The predicted octanol–water partition coefficient (Wildman–Crippen LogP) is 1.73. The normalized spacial score (nSPS) is 15.8. The van der Waals surface area contributed by atoms with E-state index < -0.39 is 0 Å². The van der Waals surface area contributed by atoms with Crippen molar-refractivity contribution in [3.05, 3.63) is 23.0 Å². The van der Waals surface area contributed by atoms with Crippen molar-refractivity contribution < 1.29 is 4.74 Å². The summed E-state index contributed by atoms with van der Waals surface area (Å²) in [4.78, 5) is 4.10. The summed E-state index contributed by atoms with van der Waals surface area (Å²) in [6, 6.07) is 1.72. The molecule has 2 rings (SSSR count). The van der Waals surface area contributed by atoms with Crippen molar-refractivity contribution in [1.29, 1.82) is 0 Å². The number of nitrogens with two attached hydrogens (primary N) is 1. The maximum atomic E-state index is 5.96. The zero-order valence-corrected chi connectivity index (χ0v) is 7.92. The number of ether oxygens (including phenoxy) is 1. The molecule has 1 aromatic rings. The molecule has 70 valence electrons. The van der Waals surface area contributed by atoms with Gasteiger partial charge in [0.1, 0.15) is 0 Å². The smallest absolute Gasteiger partial charge is 0.161 e. The van der Waals surface area contributed by atoms with Crippen LogP contribution in [0.4, 0.5) is 0 Å². The van der Waals surface area contributed by atoms with Crippen LogP contribution in [-0.4, -0.2) is 11.1 Å². The van der Waals surface area contributed by atoms with Gasteiger partial charge in [0.2, 0.25) is 0 Å². The van der Waals surface area contributed by atoms with Gasteiger partial charge in [0.25, 0.3) is 0 Å². The predicted molar refractivity (Wildman–Crippen MR) is 50.8 cm³/mol. The van der Waals surface area contributed by atoms with E-state index in [1.807, 2.05) is 0 Å². The highest BCUT2D eigenvalue weighted by Gasteiger charge is 2.25. The van der Waals surface area contributed by atoms with Crippen molar-refractivity contribution in [2.24, 2.45) is 5.73 Å². The fraction of sp³-hybridized carbons (Fsp3) is 0.444. The van der Waals surface area contributed by atoms with Crippen LogP contribution in [0, 0.1) is 0 Å². The first-order valence-corrected chi connectivity index (χ1v) is 4.69.